The molecule has 10 heteroatoms. The van der Waals surface area contributed by atoms with E-state index in [4.69, 9.17) is 0 Å². The van der Waals surface area contributed by atoms with Crippen molar-refractivity contribution in [1.82, 2.24) is 20.0 Å². The minimum Gasteiger partial charge on any atom is -0.284 e. The average molecular weight is 398 g/mol. The van der Waals surface area contributed by atoms with Crippen LogP contribution in [0.15, 0.2) is 81.8 Å². The normalized spacial score (nSPS) is 12.0. The number of nitrogens with zero attached hydrogens (tertiary/aromatic N) is 4. The van der Waals surface area contributed by atoms with Gasteiger partial charge < -0.3 is 0 Å². The van der Waals surface area contributed by atoms with Crippen LogP contribution in [0, 0.1) is 0 Å². The Kier molecular flexibility index (Phi) is 4.59. The maximum Gasteiger partial charge on any atom is 0.435 e. The highest BCUT2D eigenvalue weighted by molar-refractivity contribution is 5.61. The van der Waals surface area contributed by atoms with Gasteiger partial charge in [-0.15, -0.1) is 10.2 Å². The molecule has 0 aliphatic carbocycles. The molecule has 0 bridgehead atoms. The van der Waals surface area contributed by atoms with Gasteiger partial charge in [-0.2, -0.15) is 18.3 Å². The van der Waals surface area contributed by atoms with Crippen molar-refractivity contribution in [3.8, 4) is 16.9 Å². The fraction of sp³-hybridized carbons (Fsp3) is 0.0526. The van der Waals surface area contributed by atoms with E-state index in [2.05, 4.69) is 25.5 Å². The molecule has 2 N–H and O–H groups in total. The molecule has 0 aliphatic rings. The number of alkyl halides is 3. The Bertz CT molecular complexity index is 1210. The van der Waals surface area contributed by atoms with Crippen molar-refractivity contribution in [3.05, 3.63) is 82.8 Å². The first-order valence-corrected chi connectivity index (χ1v) is 8.44. The van der Waals surface area contributed by atoms with E-state index in [1.807, 2.05) is 30.3 Å². The predicted octanol–water partition coefficient (Wildman–Crippen LogP) is 4.99. The van der Waals surface area contributed by atoms with Gasteiger partial charge in [0.1, 0.15) is 0 Å². The van der Waals surface area contributed by atoms with Gasteiger partial charge in [-0.3, -0.25) is 15.0 Å². The molecule has 7 nitrogen and oxygen atoms in total. The van der Waals surface area contributed by atoms with Crippen LogP contribution in [0.5, 0.6) is 0 Å². The molecule has 0 saturated carbocycles. The van der Waals surface area contributed by atoms with Crippen LogP contribution in [0.1, 0.15) is 5.69 Å². The second-order valence-electron chi connectivity index (χ2n) is 6.02. The van der Waals surface area contributed by atoms with Crippen molar-refractivity contribution in [3.63, 3.8) is 0 Å². The van der Waals surface area contributed by atoms with Crippen LogP contribution in [-0.4, -0.2) is 20.0 Å². The van der Waals surface area contributed by atoms with Crippen LogP contribution in [-0.2, 0) is 6.18 Å². The Labute approximate surface area is 161 Å². The van der Waals surface area contributed by atoms with Crippen molar-refractivity contribution in [2.75, 3.05) is 0 Å². The van der Waals surface area contributed by atoms with Gasteiger partial charge in [0, 0.05) is 6.07 Å². The van der Waals surface area contributed by atoms with Crippen molar-refractivity contribution < 1.29 is 13.2 Å². The van der Waals surface area contributed by atoms with E-state index in [1.165, 1.54) is 18.2 Å². The van der Waals surface area contributed by atoms with Crippen LogP contribution >= 0.6 is 0 Å². The Morgan fingerprint density at radius 1 is 0.931 bits per heavy atom. The summed E-state index contributed by atoms with van der Waals surface area (Å²) >= 11 is 0. The SMILES string of the molecule is O=c1c(N=Nc2cc(-c3ccccc3)[nH]n2)c(C(F)(F)F)[nH]n1-c1ccccc1. The summed E-state index contributed by atoms with van der Waals surface area (Å²) in [6.07, 6.45) is -4.81. The Balaban J connectivity index is 1.72. The van der Waals surface area contributed by atoms with E-state index in [-0.39, 0.29) is 11.5 Å². The van der Waals surface area contributed by atoms with E-state index in [9.17, 15) is 18.0 Å². The molecule has 0 unspecified atom stereocenters. The molecular formula is C19H13F3N6O. The number of aromatic amines is 2. The third-order valence-electron chi connectivity index (χ3n) is 4.07. The van der Waals surface area contributed by atoms with Crippen molar-refractivity contribution >= 4 is 11.5 Å². The highest BCUT2D eigenvalue weighted by Gasteiger charge is 2.38. The van der Waals surface area contributed by atoms with E-state index < -0.39 is 23.1 Å². The smallest absolute Gasteiger partial charge is 0.284 e. The lowest BCUT2D eigenvalue weighted by atomic mass is 10.2. The van der Waals surface area contributed by atoms with Crippen molar-refractivity contribution in [1.29, 1.82) is 0 Å². The lowest BCUT2D eigenvalue weighted by Crippen LogP contribution is -2.13. The maximum atomic E-state index is 13.4. The lowest BCUT2D eigenvalue weighted by molar-refractivity contribution is -0.140. The third-order valence-corrected chi connectivity index (χ3v) is 4.07. The fourth-order valence-corrected chi connectivity index (χ4v) is 2.71. The molecule has 0 atom stereocenters. The average Bonchev–Trinajstić information content (AvgIpc) is 3.32. The van der Waals surface area contributed by atoms with Gasteiger partial charge in [-0.1, -0.05) is 48.5 Å². The Morgan fingerprint density at radius 2 is 1.59 bits per heavy atom. The van der Waals surface area contributed by atoms with Crippen molar-refractivity contribution in [2.45, 2.75) is 6.18 Å². The molecule has 4 rings (SSSR count). The number of hydrogen-bond acceptors (Lipinski definition) is 4. The summed E-state index contributed by atoms with van der Waals surface area (Å²) in [5, 5.41) is 16.0. The standard InChI is InChI=1S/C19H13F3N6O/c20-19(21,22)17-16(18(29)28(27-17)13-9-5-2-6-10-13)26-25-15-11-14(23-24-15)12-7-3-1-4-8-12/h1-11,27H,(H,23,24). The molecule has 0 fully saturated rings. The first-order valence-electron chi connectivity index (χ1n) is 8.44. The predicted molar refractivity (Wildman–Crippen MR) is 99.6 cm³/mol. The van der Waals surface area contributed by atoms with E-state index in [0.29, 0.717) is 5.69 Å². The number of hydrogen-bond donors (Lipinski definition) is 2. The zero-order valence-corrected chi connectivity index (χ0v) is 14.7. The van der Waals surface area contributed by atoms with Gasteiger partial charge in [0.15, 0.2) is 17.2 Å². The zero-order valence-electron chi connectivity index (χ0n) is 14.7. The van der Waals surface area contributed by atoms with Gasteiger partial charge in [-0.25, -0.2) is 4.68 Å². The number of H-pyrrole nitrogens is 2. The summed E-state index contributed by atoms with van der Waals surface area (Å²) in [6, 6.07) is 18.6. The van der Waals surface area contributed by atoms with Gasteiger partial charge >= 0.3 is 6.18 Å². The lowest BCUT2D eigenvalue weighted by Gasteiger charge is -2.04. The Morgan fingerprint density at radius 3 is 2.24 bits per heavy atom. The quantitative estimate of drug-likeness (QED) is 0.474. The molecule has 0 aliphatic heterocycles. The number of nitrogens with one attached hydrogen (secondary N) is 2. The van der Waals surface area contributed by atoms with E-state index in [0.717, 1.165) is 10.2 Å². The summed E-state index contributed by atoms with van der Waals surface area (Å²) in [5.41, 5.74) is -1.40. The molecule has 0 radical (unpaired) electrons. The molecule has 0 saturated heterocycles. The monoisotopic (exact) mass is 398 g/mol. The summed E-state index contributed by atoms with van der Waals surface area (Å²) < 4.78 is 41.0. The van der Waals surface area contributed by atoms with Gasteiger partial charge in [0.2, 0.25) is 0 Å². The Hall–Kier alpha value is -3.95. The number of azo groups is 1. The topological polar surface area (TPSA) is 91.2 Å². The summed E-state index contributed by atoms with van der Waals surface area (Å²) in [6.45, 7) is 0. The number of rotatable bonds is 4. The molecular weight excluding hydrogens is 385 g/mol. The summed E-state index contributed by atoms with van der Waals surface area (Å²) in [4.78, 5) is 12.5. The van der Waals surface area contributed by atoms with Crippen molar-refractivity contribution in [2.24, 2.45) is 10.2 Å². The van der Waals surface area contributed by atoms with Crippen LogP contribution in [0.4, 0.5) is 24.7 Å². The van der Waals surface area contributed by atoms with E-state index in [1.54, 1.807) is 18.2 Å². The number of benzene rings is 2. The number of para-hydroxylation sites is 1. The second-order valence-corrected chi connectivity index (χ2v) is 6.02. The third kappa shape index (κ3) is 3.72. The zero-order chi connectivity index (χ0) is 20.4. The summed E-state index contributed by atoms with van der Waals surface area (Å²) in [5.74, 6) is 0.0452. The molecule has 0 spiro atoms. The molecule has 2 aromatic heterocycles. The highest BCUT2D eigenvalue weighted by Crippen LogP contribution is 2.34. The largest absolute Gasteiger partial charge is 0.435 e. The molecule has 2 aromatic carbocycles. The molecule has 146 valence electrons. The number of halogens is 3. The molecule has 2 heterocycles. The van der Waals surface area contributed by atoms with Crippen LogP contribution in [0.25, 0.3) is 16.9 Å². The van der Waals surface area contributed by atoms with E-state index >= 15 is 0 Å². The van der Waals surface area contributed by atoms with Gasteiger partial charge in [-0.05, 0) is 17.7 Å². The molecule has 29 heavy (non-hydrogen) atoms. The fourth-order valence-electron chi connectivity index (χ4n) is 2.71. The minimum absolute atomic E-state index is 0.0452. The molecule has 4 aromatic rings. The number of aromatic nitrogens is 4. The van der Waals surface area contributed by atoms with Crippen LogP contribution in [0.2, 0.25) is 0 Å². The first kappa shape index (κ1) is 18.4. The maximum absolute atomic E-state index is 13.4. The van der Waals surface area contributed by atoms with Gasteiger partial charge in [0.05, 0.1) is 11.4 Å². The van der Waals surface area contributed by atoms with Gasteiger partial charge in [0.25, 0.3) is 5.56 Å². The minimum atomic E-state index is -4.81. The molecule has 0 amide bonds. The summed E-state index contributed by atoms with van der Waals surface area (Å²) in [7, 11) is 0. The van der Waals surface area contributed by atoms with Crippen LogP contribution in [0.3, 0.4) is 0 Å². The highest BCUT2D eigenvalue weighted by atomic mass is 19.4. The second kappa shape index (κ2) is 7.23. The van der Waals surface area contributed by atoms with Crippen LogP contribution < -0.4 is 5.56 Å². The first-order chi connectivity index (χ1) is 13.9.